The molecule has 0 aliphatic heterocycles. The first-order valence-electron chi connectivity index (χ1n) is 7.10. The van der Waals surface area contributed by atoms with Crippen LogP contribution in [0.3, 0.4) is 0 Å². The molecule has 0 aliphatic carbocycles. The second-order valence-corrected chi connectivity index (χ2v) is 8.82. The fourth-order valence-corrected chi connectivity index (χ4v) is 5.57. The van der Waals surface area contributed by atoms with Gasteiger partial charge in [0.1, 0.15) is 9.92 Å². The molecule has 0 bridgehead atoms. The minimum atomic E-state index is -4.08. The molecular weight excluding hydrogens is 469 g/mol. The Morgan fingerprint density at radius 1 is 1.23 bits per heavy atom. The number of sulfonamides is 1. The van der Waals surface area contributed by atoms with Gasteiger partial charge >= 0.3 is 5.76 Å². The fourth-order valence-electron chi connectivity index (χ4n) is 2.38. The Bertz CT molecular complexity index is 1170. The summed E-state index contributed by atoms with van der Waals surface area (Å²) < 4.78 is 33.3. The molecule has 0 aliphatic rings. The van der Waals surface area contributed by atoms with E-state index in [4.69, 9.17) is 27.6 Å². The van der Waals surface area contributed by atoms with Gasteiger partial charge in [-0.25, -0.2) is 13.2 Å². The van der Waals surface area contributed by atoms with E-state index in [9.17, 15) is 13.2 Å². The van der Waals surface area contributed by atoms with Crippen LogP contribution >= 0.6 is 39.1 Å². The molecule has 3 aromatic rings. The van der Waals surface area contributed by atoms with Gasteiger partial charge in [-0.3, -0.25) is 9.71 Å². The third kappa shape index (κ3) is 3.44. The van der Waals surface area contributed by atoms with Gasteiger partial charge in [-0.1, -0.05) is 23.2 Å². The van der Waals surface area contributed by atoms with Crippen molar-refractivity contribution in [1.29, 1.82) is 0 Å². The summed E-state index contributed by atoms with van der Waals surface area (Å²) in [6.45, 7) is 0. The molecule has 1 heterocycles. The molecule has 138 valence electrons. The van der Waals surface area contributed by atoms with E-state index < -0.39 is 15.8 Å². The molecule has 1 aromatic heterocycles. The number of aromatic amines is 1. The van der Waals surface area contributed by atoms with Crippen molar-refractivity contribution in [2.45, 2.75) is 4.90 Å². The number of H-pyrrole nitrogens is 1. The zero-order chi connectivity index (χ0) is 19.2. The fraction of sp³-hybridized carbons (Fsp3) is 0.133. The maximum atomic E-state index is 12.9. The molecule has 0 atom stereocenters. The lowest BCUT2D eigenvalue weighted by Gasteiger charge is -2.17. The van der Waals surface area contributed by atoms with Gasteiger partial charge in [-0.05, 0) is 40.2 Å². The Labute approximate surface area is 167 Å². The highest BCUT2D eigenvalue weighted by atomic mass is 79.9. The average Bonchev–Trinajstić information content (AvgIpc) is 2.89. The van der Waals surface area contributed by atoms with Gasteiger partial charge in [0.05, 0.1) is 21.9 Å². The number of oxazole rings is 1. The van der Waals surface area contributed by atoms with Crippen molar-refractivity contribution >= 4 is 71.6 Å². The van der Waals surface area contributed by atoms with Crippen molar-refractivity contribution in [3.63, 3.8) is 0 Å². The molecule has 2 aromatic carbocycles. The summed E-state index contributed by atoms with van der Waals surface area (Å²) in [6.07, 6.45) is 0. The van der Waals surface area contributed by atoms with Gasteiger partial charge in [0.2, 0.25) is 0 Å². The van der Waals surface area contributed by atoms with Crippen molar-refractivity contribution in [2.75, 3.05) is 23.7 Å². The van der Waals surface area contributed by atoms with E-state index in [1.807, 2.05) is 0 Å². The van der Waals surface area contributed by atoms with Crippen LogP contribution in [0.25, 0.3) is 11.1 Å². The molecule has 0 saturated heterocycles. The van der Waals surface area contributed by atoms with Gasteiger partial charge in [0.25, 0.3) is 10.0 Å². The van der Waals surface area contributed by atoms with Gasteiger partial charge in [0.15, 0.2) is 5.58 Å². The third-order valence-corrected chi connectivity index (χ3v) is 6.66. The lowest BCUT2D eigenvalue weighted by atomic mass is 10.2. The first-order valence-corrected chi connectivity index (χ1v) is 10.1. The summed E-state index contributed by atoms with van der Waals surface area (Å²) in [5.74, 6) is -0.732. The standard InChI is InChI=1S/C15H12BrCl2N3O4S/c1-21(2)11-5-7(3-4-9(11)17)20-26(23,24)14-8(16)6-10-13(12(14)18)25-15(22)19-10/h3-6,20H,1-2H3,(H,19,22). The Morgan fingerprint density at radius 2 is 1.92 bits per heavy atom. The molecule has 0 spiro atoms. The topological polar surface area (TPSA) is 95.4 Å². The highest BCUT2D eigenvalue weighted by Gasteiger charge is 2.26. The van der Waals surface area contributed by atoms with Gasteiger partial charge in [0, 0.05) is 18.6 Å². The summed E-state index contributed by atoms with van der Waals surface area (Å²) in [5.41, 5.74) is 1.19. The average molecular weight is 481 g/mol. The van der Waals surface area contributed by atoms with Crippen molar-refractivity contribution in [2.24, 2.45) is 0 Å². The predicted molar refractivity (Wildman–Crippen MR) is 106 cm³/mol. The lowest BCUT2D eigenvalue weighted by molar-refractivity contribution is 0.554. The molecule has 7 nitrogen and oxygen atoms in total. The summed E-state index contributed by atoms with van der Waals surface area (Å²) in [7, 11) is -0.506. The molecule has 0 radical (unpaired) electrons. The SMILES string of the molecule is CN(C)c1cc(NS(=O)(=O)c2c(Br)cc3[nH]c(=O)oc3c2Cl)ccc1Cl. The zero-order valence-electron chi connectivity index (χ0n) is 13.4. The Morgan fingerprint density at radius 3 is 2.58 bits per heavy atom. The van der Waals surface area contributed by atoms with E-state index in [2.05, 4.69) is 25.6 Å². The number of hydrogen-bond acceptors (Lipinski definition) is 5. The zero-order valence-corrected chi connectivity index (χ0v) is 17.3. The lowest BCUT2D eigenvalue weighted by Crippen LogP contribution is -2.15. The largest absolute Gasteiger partial charge is 0.417 e. The van der Waals surface area contributed by atoms with E-state index >= 15 is 0 Å². The van der Waals surface area contributed by atoms with E-state index in [0.29, 0.717) is 16.4 Å². The van der Waals surface area contributed by atoms with Crippen LogP contribution in [0.15, 0.2) is 42.8 Å². The molecule has 0 amide bonds. The van der Waals surface area contributed by atoms with Crippen LogP contribution in [-0.2, 0) is 10.0 Å². The van der Waals surface area contributed by atoms with E-state index in [-0.39, 0.29) is 25.5 Å². The summed E-state index contributed by atoms with van der Waals surface area (Å²) in [6, 6.07) is 6.12. The number of nitrogens with one attached hydrogen (secondary N) is 2. The van der Waals surface area contributed by atoms with E-state index in [1.165, 1.54) is 12.1 Å². The quantitative estimate of drug-likeness (QED) is 0.587. The maximum absolute atomic E-state index is 12.9. The highest BCUT2D eigenvalue weighted by molar-refractivity contribution is 9.10. The molecule has 2 N–H and O–H groups in total. The maximum Gasteiger partial charge on any atom is 0.417 e. The van der Waals surface area contributed by atoms with Crippen molar-refractivity contribution in [3.05, 3.63) is 49.3 Å². The molecule has 3 rings (SSSR count). The Hall–Kier alpha value is -1.68. The summed E-state index contributed by atoms with van der Waals surface area (Å²) in [5, 5.41) is 0.273. The highest BCUT2D eigenvalue weighted by Crippen LogP contribution is 2.37. The van der Waals surface area contributed by atoms with Crippen LogP contribution in [0.4, 0.5) is 11.4 Å². The first kappa shape index (κ1) is 19.1. The van der Waals surface area contributed by atoms with E-state index in [1.54, 1.807) is 31.1 Å². The Kier molecular flexibility index (Phi) is 5.00. The van der Waals surface area contributed by atoms with E-state index in [0.717, 1.165) is 0 Å². The van der Waals surface area contributed by atoms with Gasteiger partial charge < -0.3 is 9.32 Å². The molecule has 0 fully saturated rings. The predicted octanol–water partition coefficient (Wildman–Crippen LogP) is 4.06. The van der Waals surface area contributed by atoms with Crippen molar-refractivity contribution in [1.82, 2.24) is 4.98 Å². The minimum Gasteiger partial charge on any atom is -0.406 e. The molecule has 0 saturated carbocycles. The molecular formula is C15H12BrCl2N3O4S. The molecule has 0 unspecified atom stereocenters. The second kappa shape index (κ2) is 6.80. The van der Waals surface area contributed by atoms with Gasteiger partial charge in [-0.15, -0.1) is 0 Å². The summed E-state index contributed by atoms with van der Waals surface area (Å²) >= 11 is 15.5. The molecule has 26 heavy (non-hydrogen) atoms. The third-order valence-electron chi connectivity index (χ3n) is 3.51. The molecule has 11 heteroatoms. The first-order chi connectivity index (χ1) is 12.1. The van der Waals surface area contributed by atoms with Crippen molar-refractivity contribution in [3.8, 4) is 0 Å². The smallest absolute Gasteiger partial charge is 0.406 e. The van der Waals surface area contributed by atoms with Crippen LogP contribution in [-0.4, -0.2) is 27.5 Å². The van der Waals surface area contributed by atoms with Crippen LogP contribution in [0.5, 0.6) is 0 Å². The number of hydrogen-bond donors (Lipinski definition) is 2. The monoisotopic (exact) mass is 479 g/mol. The number of aromatic nitrogens is 1. The number of rotatable bonds is 4. The number of halogens is 3. The van der Waals surface area contributed by atoms with Crippen LogP contribution < -0.4 is 15.4 Å². The van der Waals surface area contributed by atoms with Crippen LogP contribution in [0.1, 0.15) is 0 Å². The minimum absolute atomic E-state index is 0.0367. The van der Waals surface area contributed by atoms with Crippen LogP contribution in [0.2, 0.25) is 10.0 Å². The van der Waals surface area contributed by atoms with Crippen molar-refractivity contribution < 1.29 is 12.8 Å². The van der Waals surface area contributed by atoms with Gasteiger partial charge in [-0.2, -0.15) is 0 Å². The second-order valence-electron chi connectivity index (χ2n) is 5.56. The number of nitrogens with zero attached hydrogens (tertiary/aromatic N) is 1. The number of fused-ring (bicyclic) bond motifs is 1. The number of benzene rings is 2. The summed E-state index contributed by atoms with van der Waals surface area (Å²) in [4.78, 5) is 15.3. The number of anilines is 2. The Balaban J connectivity index is 2.11. The van der Waals surface area contributed by atoms with Crippen LogP contribution in [0, 0.1) is 0 Å². The normalized spacial score (nSPS) is 11.7.